The quantitative estimate of drug-likeness (QED) is 0.864. The zero-order valence-corrected chi connectivity index (χ0v) is 12.6. The van der Waals surface area contributed by atoms with Crippen molar-refractivity contribution in [1.82, 2.24) is 4.90 Å². The average Bonchev–Trinajstić information content (AvgIpc) is 2.97. The number of carbonyl (C=O) groups excluding carboxylic acids is 2. The molecule has 1 aromatic rings. The van der Waals surface area contributed by atoms with Crippen molar-refractivity contribution in [3.63, 3.8) is 0 Å². The number of nitrogens with two attached hydrogens (primary N) is 1. The molecule has 120 valence electrons. The topological polar surface area (TPSA) is 83.6 Å². The summed E-state index contributed by atoms with van der Waals surface area (Å²) in [6.07, 6.45) is 1.44. The van der Waals surface area contributed by atoms with Gasteiger partial charge in [-0.1, -0.05) is 25.0 Å². The molecule has 0 radical (unpaired) electrons. The molecule has 0 bridgehead atoms. The Morgan fingerprint density at radius 3 is 2.59 bits per heavy atom. The minimum atomic E-state index is -1.11. The van der Waals surface area contributed by atoms with E-state index in [-0.39, 0.29) is 12.3 Å². The van der Waals surface area contributed by atoms with E-state index in [2.05, 4.69) is 0 Å². The lowest BCUT2D eigenvalue weighted by molar-refractivity contribution is -0.145. The van der Waals surface area contributed by atoms with Crippen LogP contribution in [0.5, 0.6) is 0 Å². The van der Waals surface area contributed by atoms with Crippen LogP contribution in [0.1, 0.15) is 43.8 Å². The molecule has 1 aliphatic rings. The number of hydrogen-bond donors (Lipinski definition) is 2. The number of benzene rings is 1. The lowest BCUT2D eigenvalue weighted by Crippen LogP contribution is -2.56. The van der Waals surface area contributed by atoms with Crippen molar-refractivity contribution in [2.24, 2.45) is 5.73 Å². The van der Waals surface area contributed by atoms with Crippen LogP contribution in [0.15, 0.2) is 24.3 Å². The van der Waals surface area contributed by atoms with Gasteiger partial charge in [-0.15, -0.1) is 0 Å². The molecule has 3 N–H and O–H groups in total. The minimum absolute atomic E-state index is 0.213. The van der Waals surface area contributed by atoms with E-state index in [0.717, 1.165) is 12.8 Å². The molecule has 0 saturated heterocycles. The fourth-order valence-electron chi connectivity index (χ4n) is 3.08. The van der Waals surface area contributed by atoms with Gasteiger partial charge >= 0.3 is 0 Å². The Kier molecular flexibility index (Phi) is 4.81. The third kappa shape index (κ3) is 3.11. The summed E-state index contributed by atoms with van der Waals surface area (Å²) in [7, 11) is 1.54. The molecule has 0 aliphatic heterocycles. The van der Waals surface area contributed by atoms with Gasteiger partial charge in [0, 0.05) is 7.05 Å². The third-order valence-corrected chi connectivity index (χ3v) is 4.51. The van der Waals surface area contributed by atoms with E-state index in [1.54, 1.807) is 6.07 Å². The van der Waals surface area contributed by atoms with E-state index in [0.29, 0.717) is 18.4 Å². The van der Waals surface area contributed by atoms with Crippen LogP contribution in [-0.4, -0.2) is 34.4 Å². The summed E-state index contributed by atoms with van der Waals surface area (Å²) in [5.41, 5.74) is 4.86. The largest absolute Gasteiger partial charge is 0.388 e. The monoisotopic (exact) mass is 308 g/mol. The highest BCUT2D eigenvalue weighted by molar-refractivity contribution is 5.90. The molecule has 0 aromatic heterocycles. The first kappa shape index (κ1) is 16.4. The number of aliphatic hydroxyl groups is 1. The predicted octanol–water partition coefficient (Wildman–Crippen LogP) is 1.51. The Bertz CT molecular complexity index is 570. The number of hydrogen-bond acceptors (Lipinski definition) is 3. The molecule has 2 rings (SSSR count). The molecule has 1 aromatic carbocycles. The highest BCUT2D eigenvalue weighted by Gasteiger charge is 2.45. The van der Waals surface area contributed by atoms with Crippen molar-refractivity contribution in [2.75, 3.05) is 7.05 Å². The summed E-state index contributed by atoms with van der Waals surface area (Å²) in [5.74, 6) is -1.36. The molecule has 0 heterocycles. The molecule has 1 unspecified atom stereocenters. The summed E-state index contributed by atoms with van der Waals surface area (Å²) in [6.45, 7) is 0. The normalized spacial score (nSPS) is 18.0. The second-order valence-electron chi connectivity index (χ2n) is 5.83. The zero-order valence-electron chi connectivity index (χ0n) is 12.6. The van der Waals surface area contributed by atoms with Gasteiger partial charge in [-0.25, -0.2) is 4.39 Å². The molecule has 1 atom stereocenters. The molecular weight excluding hydrogens is 287 g/mol. The second kappa shape index (κ2) is 6.44. The number of carbonyl (C=O) groups is 2. The van der Waals surface area contributed by atoms with Crippen molar-refractivity contribution in [3.05, 3.63) is 35.6 Å². The van der Waals surface area contributed by atoms with E-state index in [1.807, 2.05) is 0 Å². The molecule has 6 heteroatoms. The molecule has 22 heavy (non-hydrogen) atoms. The number of primary amides is 1. The molecule has 5 nitrogen and oxygen atoms in total. The van der Waals surface area contributed by atoms with Crippen molar-refractivity contribution >= 4 is 11.8 Å². The van der Waals surface area contributed by atoms with Crippen LogP contribution < -0.4 is 5.73 Å². The SMILES string of the molecule is CN(C(=O)CC(O)c1cccc(F)c1)C1(C(N)=O)CCCC1. The third-order valence-electron chi connectivity index (χ3n) is 4.51. The highest BCUT2D eigenvalue weighted by atomic mass is 19.1. The molecular formula is C16H21FN2O3. The van der Waals surface area contributed by atoms with Crippen LogP contribution in [-0.2, 0) is 9.59 Å². The second-order valence-corrected chi connectivity index (χ2v) is 5.83. The molecule has 1 fully saturated rings. The summed E-state index contributed by atoms with van der Waals surface area (Å²) in [5, 5.41) is 10.1. The van der Waals surface area contributed by atoms with Gasteiger partial charge in [-0.05, 0) is 30.5 Å². The molecule has 1 aliphatic carbocycles. The zero-order chi connectivity index (χ0) is 16.3. The fourth-order valence-corrected chi connectivity index (χ4v) is 3.08. The van der Waals surface area contributed by atoms with Gasteiger partial charge in [0.05, 0.1) is 12.5 Å². The van der Waals surface area contributed by atoms with Crippen molar-refractivity contribution in [3.8, 4) is 0 Å². The average molecular weight is 308 g/mol. The first-order valence-corrected chi connectivity index (χ1v) is 7.37. The first-order chi connectivity index (χ1) is 10.4. The summed E-state index contributed by atoms with van der Waals surface area (Å²) >= 11 is 0. The number of rotatable bonds is 5. The van der Waals surface area contributed by atoms with Gasteiger partial charge < -0.3 is 15.7 Å². The Morgan fingerprint density at radius 2 is 2.05 bits per heavy atom. The maximum Gasteiger partial charge on any atom is 0.243 e. The number of halogens is 1. The van der Waals surface area contributed by atoms with Crippen LogP contribution in [0.2, 0.25) is 0 Å². The lowest BCUT2D eigenvalue weighted by atomic mass is 9.93. The van der Waals surface area contributed by atoms with Crippen molar-refractivity contribution < 1.29 is 19.1 Å². The number of amides is 2. The standard InChI is InChI=1S/C16H21FN2O3/c1-19(16(15(18)22)7-2-3-8-16)14(21)10-13(20)11-5-4-6-12(17)9-11/h4-6,9,13,20H,2-3,7-8,10H2,1H3,(H2,18,22). The van der Waals surface area contributed by atoms with Gasteiger partial charge in [0.2, 0.25) is 11.8 Å². The van der Waals surface area contributed by atoms with Gasteiger partial charge in [0.15, 0.2) is 0 Å². The molecule has 2 amide bonds. The van der Waals surface area contributed by atoms with Gasteiger partial charge in [-0.3, -0.25) is 9.59 Å². The van der Waals surface area contributed by atoms with Crippen LogP contribution >= 0.6 is 0 Å². The fraction of sp³-hybridized carbons (Fsp3) is 0.500. The van der Waals surface area contributed by atoms with Crippen LogP contribution in [0.3, 0.4) is 0 Å². The summed E-state index contributed by atoms with van der Waals surface area (Å²) < 4.78 is 13.2. The van der Waals surface area contributed by atoms with Crippen LogP contribution in [0.25, 0.3) is 0 Å². The lowest BCUT2D eigenvalue weighted by Gasteiger charge is -2.36. The smallest absolute Gasteiger partial charge is 0.243 e. The van der Waals surface area contributed by atoms with Crippen LogP contribution in [0.4, 0.5) is 4.39 Å². The summed E-state index contributed by atoms with van der Waals surface area (Å²) in [4.78, 5) is 25.5. The molecule has 0 spiro atoms. The first-order valence-electron chi connectivity index (χ1n) is 7.37. The van der Waals surface area contributed by atoms with Gasteiger partial charge in [0.1, 0.15) is 11.4 Å². The van der Waals surface area contributed by atoms with Crippen molar-refractivity contribution in [1.29, 1.82) is 0 Å². The minimum Gasteiger partial charge on any atom is -0.388 e. The highest BCUT2D eigenvalue weighted by Crippen LogP contribution is 2.35. The van der Waals surface area contributed by atoms with Gasteiger partial charge in [-0.2, -0.15) is 0 Å². The Morgan fingerprint density at radius 1 is 1.41 bits per heavy atom. The Balaban J connectivity index is 2.09. The van der Waals surface area contributed by atoms with E-state index in [1.165, 1.54) is 30.1 Å². The van der Waals surface area contributed by atoms with E-state index < -0.39 is 23.4 Å². The number of nitrogens with zero attached hydrogens (tertiary/aromatic N) is 1. The molecule has 1 saturated carbocycles. The Labute approximate surface area is 128 Å². The van der Waals surface area contributed by atoms with Gasteiger partial charge in [0.25, 0.3) is 0 Å². The van der Waals surface area contributed by atoms with E-state index >= 15 is 0 Å². The number of likely N-dealkylation sites (N-methyl/N-ethyl adjacent to an activating group) is 1. The number of aliphatic hydroxyl groups excluding tert-OH is 1. The van der Waals surface area contributed by atoms with E-state index in [4.69, 9.17) is 5.73 Å². The Hall–Kier alpha value is -1.95. The van der Waals surface area contributed by atoms with Crippen molar-refractivity contribution in [2.45, 2.75) is 43.7 Å². The van der Waals surface area contributed by atoms with E-state index in [9.17, 15) is 19.1 Å². The van der Waals surface area contributed by atoms with Crippen LogP contribution in [0, 0.1) is 5.82 Å². The predicted molar refractivity (Wildman–Crippen MR) is 79.1 cm³/mol. The maximum atomic E-state index is 13.2. The maximum absolute atomic E-state index is 13.2. The summed E-state index contributed by atoms with van der Waals surface area (Å²) in [6, 6.07) is 5.49.